The van der Waals surface area contributed by atoms with Gasteiger partial charge in [-0.2, -0.15) is 0 Å². The van der Waals surface area contributed by atoms with E-state index in [-0.39, 0.29) is 17.0 Å². The SMILES string of the molecule is COCCC1(C(=O)Nc2cccc(-n3cc(C(=O)O)nn3)c2)CC1. The zero-order valence-electron chi connectivity index (χ0n) is 13.2. The quantitative estimate of drug-likeness (QED) is 0.800. The van der Waals surface area contributed by atoms with Crippen molar-refractivity contribution in [3.8, 4) is 5.69 Å². The van der Waals surface area contributed by atoms with E-state index in [4.69, 9.17) is 9.84 Å². The molecule has 1 amide bonds. The summed E-state index contributed by atoms with van der Waals surface area (Å²) < 4.78 is 6.43. The number of anilines is 1. The largest absolute Gasteiger partial charge is 0.476 e. The molecule has 0 saturated heterocycles. The molecule has 0 unspecified atom stereocenters. The summed E-state index contributed by atoms with van der Waals surface area (Å²) in [6.07, 6.45) is 3.77. The number of aromatic nitrogens is 3. The molecule has 2 N–H and O–H groups in total. The highest BCUT2D eigenvalue weighted by Crippen LogP contribution is 2.49. The van der Waals surface area contributed by atoms with Crippen molar-refractivity contribution in [1.29, 1.82) is 0 Å². The second-order valence-electron chi connectivity index (χ2n) is 5.88. The van der Waals surface area contributed by atoms with E-state index in [9.17, 15) is 9.59 Å². The highest BCUT2D eigenvalue weighted by atomic mass is 16.5. The molecule has 1 heterocycles. The molecule has 126 valence electrons. The number of methoxy groups -OCH3 is 1. The van der Waals surface area contributed by atoms with Crippen LogP contribution in [0, 0.1) is 5.41 Å². The predicted octanol–water partition coefficient (Wildman–Crippen LogP) is 1.72. The van der Waals surface area contributed by atoms with Crippen molar-refractivity contribution in [2.24, 2.45) is 5.41 Å². The first kappa shape index (κ1) is 16.1. The summed E-state index contributed by atoms with van der Waals surface area (Å²) in [4.78, 5) is 23.3. The number of carbonyl (C=O) groups is 2. The standard InChI is InChI=1S/C16H18N4O4/c1-24-8-7-16(5-6-16)15(23)17-11-3-2-4-12(9-11)20-10-13(14(21)22)18-19-20/h2-4,9-10H,5-8H2,1H3,(H,17,23)(H,21,22). The molecule has 1 fully saturated rings. The van der Waals surface area contributed by atoms with Crippen molar-refractivity contribution in [2.75, 3.05) is 19.0 Å². The minimum atomic E-state index is -1.14. The first-order valence-corrected chi connectivity index (χ1v) is 7.60. The molecule has 1 saturated carbocycles. The molecule has 0 bridgehead atoms. The number of ether oxygens (including phenoxy) is 1. The van der Waals surface area contributed by atoms with E-state index >= 15 is 0 Å². The Morgan fingerprint density at radius 3 is 2.83 bits per heavy atom. The van der Waals surface area contributed by atoms with Gasteiger partial charge in [-0.05, 0) is 37.5 Å². The molecule has 0 atom stereocenters. The number of rotatable bonds is 7. The Labute approximate surface area is 138 Å². The molecule has 2 aromatic rings. The Morgan fingerprint density at radius 2 is 2.21 bits per heavy atom. The number of carboxylic acid groups (broad SMARTS) is 1. The molecule has 24 heavy (non-hydrogen) atoms. The molecular weight excluding hydrogens is 312 g/mol. The monoisotopic (exact) mass is 330 g/mol. The Hall–Kier alpha value is -2.74. The number of carbonyl (C=O) groups excluding carboxylic acids is 1. The number of benzene rings is 1. The van der Waals surface area contributed by atoms with E-state index < -0.39 is 5.97 Å². The molecule has 3 rings (SSSR count). The number of carboxylic acids is 1. The van der Waals surface area contributed by atoms with Crippen LogP contribution in [0.25, 0.3) is 5.69 Å². The molecule has 0 aliphatic heterocycles. The van der Waals surface area contributed by atoms with Crippen LogP contribution in [0.1, 0.15) is 29.8 Å². The Balaban J connectivity index is 1.73. The lowest BCUT2D eigenvalue weighted by molar-refractivity contribution is -0.121. The number of hydrogen-bond acceptors (Lipinski definition) is 5. The van der Waals surface area contributed by atoms with Crippen LogP contribution in [0.4, 0.5) is 5.69 Å². The van der Waals surface area contributed by atoms with Crippen LogP contribution in [0.3, 0.4) is 0 Å². The topological polar surface area (TPSA) is 106 Å². The van der Waals surface area contributed by atoms with Crippen molar-refractivity contribution in [3.05, 3.63) is 36.2 Å². The molecule has 8 heteroatoms. The highest BCUT2D eigenvalue weighted by Gasteiger charge is 2.49. The zero-order chi connectivity index (χ0) is 17.2. The summed E-state index contributed by atoms with van der Waals surface area (Å²) in [7, 11) is 1.63. The van der Waals surface area contributed by atoms with Crippen molar-refractivity contribution in [1.82, 2.24) is 15.0 Å². The minimum absolute atomic E-state index is 0.0125. The van der Waals surface area contributed by atoms with Crippen LogP contribution in [0.15, 0.2) is 30.5 Å². The van der Waals surface area contributed by atoms with E-state index in [1.807, 2.05) is 0 Å². The molecular formula is C16H18N4O4. The number of amides is 1. The number of nitrogens with zero attached hydrogens (tertiary/aromatic N) is 3. The smallest absolute Gasteiger partial charge is 0.358 e. The maximum atomic E-state index is 12.5. The molecule has 1 aromatic carbocycles. The molecule has 8 nitrogen and oxygen atoms in total. The normalized spacial score (nSPS) is 15.0. The van der Waals surface area contributed by atoms with Crippen LogP contribution in [-0.2, 0) is 9.53 Å². The highest BCUT2D eigenvalue weighted by molar-refractivity contribution is 5.97. The average Bonchev–Trinajstić information content (AvgIpc) is 3.19. The fraction of sp³-hybridized carbons (Fsp3) is 0.375. The van der Waals surface area contributed by atoms with Gasteiger partial charge >= 0.3 is 5.97 Å². The fourth-order valence-electron chi connectivity index (χ4n) is 2.52. The average molecular weight is 330 g/mol. The summed E-state index contributed by atoms with van der Waals surface area (Å²) in [6.45, 7) is 0.560. The van der Waals surface area contributed by atoms with Gasteiger partial charge < -0.3 is 15.2 Å². The van der Waals surface area contributed by atoms with E-state index in [0.29, 0.717) is 24.4 Å². The molecule has 0 radical (unpaired) electrons. The van der Waals surface area contributed by atoms with Gasteiger partial charge in [-0.25, -0.2) is 9.48 Å². The van der Waals surface area contributed by atoms with Gasteiger partial charge in [0.15, 0.2) is 5.69 Å². The zero-order valence-corrected chi connectivity index (χ0v) is 13.2. The van der Waals surface area contributed by atoms with Gasteiger partial charge in [-0.1, -0.05) is 11.3 Å². The Kier molecular flexibility index (Phi) is 4.30. The lowest BCUT2D eigenvalue weighted by Crippen LogP contribution is -2.25. The molecule has 1 aromatic heterocycles. The van der Waals surface area contributed by atoms with E-state index in [0.717, 1.165) is 12.8 Å². The lowest BCUT2D eigenvalue weighted by atomic mass is 10.0. The minimum Gasteiger partial charge on any atom is -0.476 e. The fourth-order valence-corrected chi connectivity index (χ4v) is 2.52. The van der Waals surface area contributed by atoms with E-state index in [2.05, 4.69) is 15.6 Å². The summed E-state index contributed by atoms with van der Waals surface area (Å²) in [5.74, 6) is -1.15. The second-order valence-corrected chi connectivity index (χ2v) is 5.88. The van der Waals surface area contributed by atoms with Crippen LogP contribution in [-0.4, -0.2) is 45.7 Å². The van der Waals surface area contributed by atoms with Crippen molar-refractivity contribution in [3.63, 3.8) is 0 Å². The third kappa shape index (κ3) is 3.28. The van der Waals surface area contributed by atoms with Gasteiger partial charge in [-0.3, -0.25) is 4.79 Å². The van der Waals surface area contributed by atoms with Gasteiger partial charge in [0.25, 0.3) is 0 Å². The maximum Gasteiger partial charge on any atom is 0.358 e. The van der Waals surface area contributed by atoms with Crippen molar-refractivity contribution >= 4 is 17.6 Å². The molecule has 1 aliphatic carbocycles. The van der Waals surface area contributed by atoms with Gasteiger partial charge in [-0.15, -0.1) is 5.10 Å². The summed E-state index contributed by atoms with van der Waals surface area (Å²) >= 11 is 0. The summed E-state index contributed by atoms with van der Waals surface area (Å²) in [5.41, 5.74) is 0.791. The number of hydrogen-bond donors (Lipinski definition) is 2. The first-order chi connectivity index (χ1) is 11.5. The van der Waals surface area contributed by atoms with E-state index in [1.54, 1.807) is 31.4 Å². The van der Waals surface area contributed by atoms with Crippen LogP contribution >= 0.6 is 0 Å². The van der Waals surface area contributed by atoms with Gasteiger partial charge in [0.2, 0.25) is 5.91 Å². The summed E-state index contributed by atoms with van der Waals surface area (Å²) in [6, 6.07) is 7.03. The lowest BCUT2D eigenvalue weighted by Gasteiger charge is -2.15. The van der Waals surface area contributed by atoms with Crippen LogP contribution < -0.4 is 5.32 Å². The Bertz CT molecular complexity index is 767. The first-order valence-electron chi connectivity index (χ1n) is 7.60. The predicted molar refractivity (Wildman–Crippen MR) is 85.1 cm³/mol. The summed E-state index contributed by atoms with van der Waals surface area (Å²) in [5, 5.41) is 19.2. The van der Waals surface area contributed by atoms with Crippen molar-refractivity contribution < 1.29 is 19.4 Å². The molecule has 0 spiro atoms. The van der Waals surface area contributed by atoms with Crippen LogP contribution in [0.2, 0.25) is 0 Å². The van der Waals surface area contributed by atoms with Gasteiger partial charge in [0, 0.05) is 19.4 Å². The molecule has 1 aliphatic rings. The second kappa shape index (κ2) is 6.40. The third-order valence-corrected chi connectivity index (χ3v) is 4.20. The van der Waals surface area contributed by atoms with Crippen molar-refractivity contribution in [2.45, 2.75) is 19.3 Å². The van der Waals surface area contributed by atoms with Gasteiger partial charge in [0.05, 0.1) is 17.3 Å². The van der Waals surface area contributed by atoms with E-state index in [1.165, 1.54) is 10.9 Å². The Morgan fingerprint density at radius 1 is 1.42 bits per heavy atom. The van der Waals surface area contributed by atoms with Gasteiger partial charge in [0.1, 0.15) is 0 Å². The third-order valence-electron chi connectivity index (χ3n) is 4.20. The number of nitrogens with one attached hydrogen (secondary N) is 1. The maximum absolute atomic E-state index is 12.5. The number of aromatic carboxylic acids is 1. The van der Waals surface area contributed by atoms with Crippen LogP contribution in [0.5, 0.6) is 0 Å².